The molecule has 1 saturated heterocycles. The quantitative estimate of drug-likeness (QED) is 0.422. The molecule has 0 saturated carbocycles. The minimum absolute atomic E-state index is 0.0662. The Morgan fingerprint density at radius 3 is 2.87 bits per heavy atom. The Kier molecular flexibility index (Phi) is 3.73. The first-order chi connectivity index (χ1) is 10.8. The number of aliphatic hydroxyl groups is 2. The van der Waals surface area contributed by atoms with Gasteiger partial charge in [0.15, 0.2) is 3.23 Å². The number of nitrogens with one attached hydrogen (secondary N) is 1. The molecule has 0 amide bonds. The number of aromatic amines is 1. The molecule has 122 valence electrons. The van der Waals surface area contributed by atoms with Crippen molar-refractivity contribution in [2.45, 2.75) is 21.0 Å². The summed E-state index contributed by atoms with van der Waals surface area (Å²) in [5, 5.41) is 33.3. The van der Waals surface area contributed by atoms with E-state index in [0.29, 0.717) is 0 Å². The van der Waals surface area contributed by atoms with Crippen LogP contribution in [0.4, 0.5) is 5.95 Å². The van der Waals surface area contributed by atoms with E-state index in [1.165, 1.54) is 6.20 Å². The van der Waals surface area contributed by atoms with Crippen molar-refractivity contribution < 1.29 is 14.9 Å². The van der Waals surface area contributed by atoms with Crippen LogP contribution in [0.1, 0.15) is 5.69 Å². The van der Waals surface area contributed by atoms with Gasteiger partial charge in [0.1, 0.15) is 24.0 Å². The van der Waals surface area contributed by atoms with Crippen LogP contribution >= 0.6 is 31.9 Å². The first-order valence-corrected chi connectivity index (χ1v) is 7.87. The van der Waals surface area contributed by atoms with Gasteiger partial charge in [0.05, 0.1) is 12.8 Å². The number of rotatable bonds is 2. The van der Waals surface area contributed by atoms with E-state index in [4.69, 9.17) is 10.5 Å². The van der Waals surface area contributed by atoms with E-state index >= 15 is 0 Å². The molecule has 23 heavy (non-hydrogen) atoms. The number of aromatic nitrogens is 4. The molecule has 0 spiro atoms. The lowest BCUT2D eigenvalue weighted by atomic mass is 9.96. The number of hydrogen-bond acceptors (Lipinski definition) is 8. The highest BCUT2D eigenvalue weighted by Gasteiger charge is 2.66. The molecule has 12 heteroatoms. The highest BCUT2D eigenvalue weighted by molar-refractivity contribution is 9.25. The standard InChI is InChI=1S/C11H10Br2N6O4/c12-11(13)6(21)4(2-20)23-10(11,3-14)5-1-16-7-8(22)17-9(15)18-19(5)7/h1,4,6,20-21H,2H2,(H3,15,17,18,22)/t4-,6?,10+/m1/s1. The number of alkyl halides is 2. The number of nitrogens with two attached hydrogens (primary N) is 1. The lowest BCUT2D eigenvalue weighted by Crippen LogP contribution is -2.45. The first-order valence-electron chi connectivity index (χ1n) is 6.28. The Morgan fingerprint density at radius 1 is 1.61 bits per heavy atom. The number of fused-ring (bicyclic) bond motifs is 1. The van der Waals surface area contributed by atoms with E-state index in [-0.39, 0.29) is 17.3 Å². The molecule has 3 heterocycles. The molecule has 0 aromatic carbocycles. The van der Waals surface area contributed by atoms with Crippen LogP contribution < -0.4 is 11.3 Å². The second-order valence-electron chi connectivity index (χ2n) is 4.92. The Bertz CT molecular complexity index is 874. The second kappa shape index (κ2) is 5.25. The number of nitriles is 1. The summed E-state index contributed by atoms with van der Waals surface area (Å²) in [6.07, 6.45) is -1.08. The summed E-state index contributed by atoms with van der Waals surface area (Å²) >= 11 is 6.48. The number of aliphatic hydroxyl groups excluding tert-OH is 2. The number of nitrogens with zero attached hydrogens (tertiary/aromatic N) is 4. The molecule has 0 aliphatic carbocycles. The van der Waals surface area contributed by atoms with Crippen molar-refractivity contribution in [3.05, 3.63) is 22.2 Å². The summed E-state index contributed by atoms with van der Waals surface area (Å²) in [5.41, 5.74) is 3.09. The van der Waals surface area contributed by atoms with Gasteiger partial charge in [0.2, 0.25) is 17.2 Å². The maximum Gasteiger partial charge on any atom is 0.295 e. The number of anilines is 1. The van der Waals surface area contributed by atoms with E-state index in [1.54, 1.807) is 0 Å². The minimum Gasteiger partial charge on any atom is -0.394 e. The average molecular weight is 450 g/mol. The van der Waals surface area contributed by atoms with Crippen molar-refractivity contribution in [1.29, 1.82) is 5.26 Å². The van der Waals surface area contributed by atoms with Gasteiger partial charge in [0.25, 0.3) is 5.56 Å². The van der Waals surface area contributed by atoms with Gasteiger partial charge in [-0.25, -0.2) is 9.50 Å². The number of H-pyrrole nitrogens is 1. The Hall–Kier alpha value is -1.52. The summed E-state index contributed by atoms with van der Waals surface area (Å²) in [7, 11) is 0. The third-order valence-electron chi connectivity index (χ3n) is 3.61. The molecule has 5 N–H and O–H groups in total. The molecule has 1 aliphatic heterocycles. The molecule has 1 fully saturated rings. The van der Waals surface area contributed by atoms with Crippen LogP contribution in [0.5, 0.6) is 0 Å². The average Bonchev–Trinajstić information content (AvgIpc) is 2.99. The zero-order valence-electron chi connectivity index (χ0n) is 11.3. The van der Waals surface area contributed by atoms with Crippen molar-refractivity contribution >= 4 is 43.5 Å². The molecule has 10 nitrogen and oxygen atoms in total. The summed E-state index contributed by atoms with van der Waals surface area (Å²) in [4.78, 5) is 18.1. The van der Waals surface area contributed by atoms with Gasteiger partial charge >= 0.3 is 0 Å². The smallest absolute Gasteiger partial charge is 0.295 e. The summed E-state index contributed by atoms with van der Waals surface area (Å²) in [6.45, 7) is -0.517. The number of imidazole rings is 1. The Labute approximate surface area is 145 Å². The van der Waals surface area contributed by atoms with Gasteiger partial charge in [0, 0.05) is 0 Å². The van der Waals surface area contributed by atoms with Crippen LogP contribution in [0.15, 0.2) is 11.0 Å². The van der Waals surface area contributed by atoms with E-state index in [9.17, 15) is 20.3 Å². The normalized spacial score (nSPS) is 29.7. The third-order valence-corrected chi connectivity index (χ3v) is 5.66. The number of halogens is 2. The van der Waals surface area contributed by atoms with Gasteiger partial charge in [-0.05, 0) is 0 Å². The number of ether oxygens (including phenoxy) is 1. The van der Waals surface area contributed by atoms with Crippen LogP contribution in [0.2, 0.25) is 0 Å². The van der Waals surface area contributed by atoms with Crippen LogP contribution in [0.25, 0.3) is 5.65 Å². The monoisotopic (exact) mass is 448 g/mol. The van der Waals surface area contributed by atoms with E-state index in [0.717, 1.165) is 4.52 Å². The topological polar surface area (TPSA) is 163 Å². The maximum absolute atomic E-state index is 11.9. The summed E-state index contributed by atoms with van der Waals surface area (Å²) in [5.74, 6) is -0.179. The second-order valence-corrected chi connectivity index (χ2v) is 8.48. The predicted molar refractivity (Wildman–Crippen MR) is 83.9 cm³/mol. The molecule has 0 radical (unpaired) electrons. The van der Waals surface area contributed by atoms with Crippen molar-refractivity contribution in [2.75, 3.05) is 12.3 Å². The van der Waals surface area contributed by atoms with Crippen molar-refractivity contribution in [2.24, 2.45) is 0 Å². The number of nitrogen functional groups attached to an aromatic ring is 1. The molecule has 3 atom stereocenters. The van der Waals surface area contributed by atoms with Crippen molar-refractivity contribution in [3.8, 4) is 6.07 Å². The minimum atomic E-state index is -1.83. The molecule has 2 aromatic rings. The zero-order chi connectivity index (χ0) is 17.0. The zero-order valence-corrected chi connectivity index (χ0v) is 14.4. The predicted octanol–water partition coefficient (Wildman–Crippen LogP) is -1.04. The summed E-state index contributed by atoms with van der Waals surface area (Å²) < 4.78 is 5.20. The molecule has 1 aliphatic rings. The summed E-state index contributed by atoms with van der Waals surface area (Å²) in [6, 6.07) is 1.95. The first kappa shape index (κ1) is 16.3. The van der Waals surface area contributed by atoms with Gasteiger partial charge in [-0.15, -0.1) is 5.10 Å². The molecular formula is C11H10Br2N6O4. The van der Waals surface area contributed by atoms with Gasteiger partial charge in [-0.1, -0.05) is 31.9 Å². The van der Waals surface area contributed by atoms with Gasteiger partial charge in [-0.3, -0.25) is 9.78 Å². The van der Waals surface area contributed by atoms with Crippen molar-refractivity contribution in [3.63, 3.8) is 0 Å². The van der Waals surface area contributed by atoms with Gasteiger partial charge in [-0.2, -0.15) is 5.26 Å². The maximum atomic E-state index is 11.9. The fourth-order valence-electron chi connectivity index (χ4n) is 2.48. The molecule has 2 aromatic heterocycles. The largest absolute Gasteiger partial charge is 0.394 e. The van der Waals surface area contributed by atoms with Crippen LogP contribution in [0, 0.1) is 11.3 Å². The Morgan fingerprint density at radius 2 is 2.30 bits per heavy atom. The van der Waals surface area contributed by atoms with E-state index < -0.39 is 33.2 Å². The molecule has 3 rings (SSSR count). The van der Waals surface area contributed by atoms with Crippen LogP contribution in [-0.2, 0) is 10.3 Å². The molecule has 1 unspecified atom stereocenters. The van der Waals surface area contributed by atoms with Crippen LogP contribution in [-0.4, -0.2) is 51.8 Å². The molecule has 0 bridgehead atoms. The fraction of sp³-hybridized carbons (Fsp3) is 0.455. The van der Waals surface area contributed by atoms with E-state index in [2.05, 4.69) is 46.9 Å². The fourth-order valence-corrected chi connectivity index (χ4v) is 3.85. The highest BCUT2D eigenvalue weighted by atomic mass is 79.9. The molecular weight excluding hydrogens is 440 g/mol. The third kappa shape index (κ3) is 2.05. The SMILES string of the molecule is N#C[C@@]1(c2cnc3c(=O)[nH]c(N)nn23)O[C@H](CO)C(O)C1(Br)Br. The lowest BCUT2D eigenvalue weighted by Gasteiger charge is -2.30. The van der Waals surface area contributed by atoms with Crippen molar-refractivity contribution in [1.82, 2.24) is 19.6 Å². The van der Waals surface area contributed by atoms with Crippen LogP contribution in [0.3, 0.4) is 0 Å². The lowest BCUT2D eigenvalue weighted by molar-refractivity contribution is -0.0520. The number of hydrogen-bond donors (Lipinski definition) is 4. The highest BCUT2D eigenvalue weighted by Crippen LogP contribution is 2.55. The van der Waals surface area contributed by atoms with Gasteiger partial charge < -0.3 is 20.7 Å². The Balaban J connectivity index is 2.32. The van der Waals surface area contributed by atoms with E-state index in [1.807, 2.05) is 6.07 Å².